The van der Waals surface area contributed by atoms with Crippen LogP contribution in [0.1, 0.15) is 0 Å². The van der Waals surface area contributed by atoms with Crippen molar-refractivity contribution in [3.05, 3.63) is 35.5 Å². The van der Waals surface area contributed by atoms with Gasteiger partial charge in [-0.15, -0.1) is 0 Å². The maximum absolute atomic E-state index is 4.54. The zero-order chi connectivity index (χ0) is 10.1. The standard InChI is InChI=1S/C12H11AsNP/c1-3-11(14-5-1)9-7-13-8-10(9)12-4-2-6-15-12/h1-4,8H,5-7H2. The zero-order valence-corrected chi connectivity index (χ0v) is 11.1. The first-order chi connectivity index (χ1) is 7.45. The number of hydrogen-bond acceptors (Lipinski definition) is 1. The summed E-state index contributed by atoms with van der Waals surface area (Å²) >= 11 is 0.391. The van der Waals surface area contributed by atoms with Crippen molar-refractivity contribution < 1.29 is 0 Å². The Morgan fingerprint density at radius 2 is 2.27 bits per heavy atom. The molecule has 0 radical (unpaired) electrons. The van der Waals surface area contributed by atoms with E-state index in [0.29, 0.717) is 15.3 Å². The van der Waals surface area contributed by atoms with Crippen LogP contribution < -0.4 is 0 Å². The van der Waals surface area contributed by atoms with Gasteiger partial charge in [-0.3, -0.25) is 0 Å². The van der Waals surface area contributed by atoms with Crippen LogP contribution in [0.5, 0.6) is 0 Å². The van der Waals surface area contributed by atoms with Gasteiger partial charge in [0.2, 0.25) is 0 Å². The molecule has 3 aliphatic heterocycles. The summed E-state index contributed by atoms with van der Waals surface area (Å²) in [5, 5.41) is 2.78. The van der Waals surface area contributed by atoms with Crippen molar-refractivity contribution >= 4 is 39.3 Å². The Kier molecular flexibility index (Phi) is 2.69. The van der Waals surface area contributed by atoms with Crippen molar-refractivity contribution in [3.63, 3.8) is 0 Å². The van der Waals surface area contributed by atoms with E-state index in [-0.39, 0.29) is 0 Å². The quantitative estimate of drug-likeness (QED) is 0.539. The van der Waals surface area contributed by atoms with Crippen LogP contribution in [0, 0.1) is 0 Å². The molecule has 0 aromatic rings. The molecular weight excluding hydrogens is 264 g/mol. The second kappa shape index (κ2) is 4.16. The first kappa shape index (κ1) is 9.70. The van der Waals surface area contributed by atoms with E-state index in [1.807, 2.05) is 0 Å². The van der Waals surface area contributed by atoms with E-state index >= 15 is 0 Å². The van der Waals surface area contributed by atoms with Gasteiger partial charge in [0.05, 0.1) is 0 Å². The molecule has 3 heteroatoms. The Labute approximate surface area is 97.7 Å². The second-order valence-corrected chi connectivity index (χ2v) is 6.75. The summed E-state index contributed by atoms with van der Waals surface area (Å²) in [6, 6.07) is 0. The minimum atomic E-state index is 0.391. The van der Waals surface area contributed by atoms with E-state index in [4.69, 9.17) is 0 Å². The second-order valence-electron chi connectivity index (χ2n) is 3.62. The molecule has 0 aromatic heterocycles. The molecule has 15 heavy (non-hydrogen) atoms. The Morgan fingerprint density at radius 3 is 3.00 bits per heavy atom. The minimum absolute atomic E-state index is 0.391. The monoisotopic (exact) mass is 275 g/mol. The third-order valence-electron chi connectivity index (χ3n) is 2.67. The van der Waals surface area contributed by atoms with Gasteiger partial charge in [0.15, 0.2) is 0 Å². The van der Waals surface area contributed by atoms with E-state index in [1.54, 1.807) is 0 Å². The fraction of sp³-hybridized carbons (Fsp3) is 0.250. The number of nitrogens with zero attached hydrogens (tertiary/aromatic N) is 1. The molecule has 0 atom stereocenters. The van der Waals surface area contributed by atoms with Crippen LogP contribution in [-0.4, -0.2) is 43.8 Å². The van der Waals surface area contributed by atoms with Crippen LogP contribution in [0.2, 0.25) is 5.21 Å². The van der Waals surface area contributed by atoms with Crippen LogP contribution in [0.15, 0.2) is 40.4 Å². The first-order valence-corrected chi connectivity index (χ1v) is 8.60. The third-order valence-corrected chi connectivity index (χ3v) is 5.76. The zero-order valence-electron chi connectivity index (χ0n) is 8.35. The molecule has 0 bridgehead atoms. The summed E-state index contributed by atoms with van der Waals surface area (Å²) in [5.74, 6) is 0. The SMILES string of the molecule is C1=CC(C2=C(C3=PCC=C3)C=[As]C2)=NC1. The van der Waals surface area contributed by atoms with Gasteiger partial charge < -0.3 is 0 Å². The van der Waals surface area contributed by atoms with Crippen molar-refractivity contribution in [1.29, 1.82) is 0 Å². The van der Waals surface area contributed by atoms with Gasteiger partial charge in [-0.2, -0.15) is 0 Å². The van der Waals surface area contributed by atoms with Crippen LogP contribution in [0.4, 0.5) is 0 Å². The van der Waals surface area contributed by atoms with Crippen molar-refractivity contribution in [2.45, 2.75) is 5.21 Å². The average molecular weight is 275 g/mol. The van der Waals surface area contributed by atoms with E-state index in [1.165, 1.54) is 41.7 Å². The Hall–Kier alpha value is -0.512. The number of hydrogen-bond donors (Lipinski definition) is 0. The van der Waals surface area contributed by atoms with E-state index in [0.717, 1.165) is 6.54 Å². The van der Waals surface area contributed by atoms with Crippen LogP contribution >= 0.6 is 8.20 Å². The van der Waals surface area contributed by atoms with Crippen molar-refractivity contribution in [2.24, 2.45) is 4.99 Å². The molecule has 1 nitrogen and oxygen atoms in total. The molecule has 0 unspecified atom stereocenters. The number of allylic oxidation sites excluding steroid dienone is 5. The first-order valence-electron chi connectivity index (χ1n) is 5.11. The van der Waals surface area contributed by atoms with Gasteiger partial charge >= 0.3 is 97.7 Å². The molecule has 3 rings (SSSR count). The molecule has 0 aliphatic carbocycles. The van der Waals surface area contributed by atoms with Crippen molar-refractivity contribution in [2.75, 3.05) is 12.7 Å². The third kappa shape index (κ3) is 1.80. The molecule has 0 amide bonds. The molecule has 3 heterocycles. The normalized spacial score (nSPS) is 25.1. The molecule has 0 fully saturated rings. The topological polar surface area (TPSA) is 12.4 Å². The number of aliphatic imine (C=N–C) groups is 1. The summed E-state index contributed by atoms with van der Waals surface area (Å²) in [4.78, 5) is 7.01. The van der Waals surface area contributed by atoms with Crippen LogP contribution in [-0.2, 0) is 0 Å². The van der Waals surface area contributed by atoms with Crippen LogP contribution in [0.25, 0.3) is 0 Å². The maximum atomic E-state index is 4.54. The molecule has 3 aliphatic rings. The summed E-state index contributed by atoms with van der Waals surface area (Å²) < 4.78 is 0. The molecule has 0 spiro atoms. The van der Waals surface area contributed by atoms with Gasteiger partial charge in [-0.1, -0.05) is 0 Å². The van der Waals surface area contributed by atoms with Gasteiger partial charge in [0, 0.05) is 0 Å². The van der Waals surface area contributed by atoms with Gasteiger partial charge in [-0.25, -0.2) is 0 Å². The van der Waals surface area contributed by atoms with E-state index in [9.17, 15) is 0 Å². The predicted molar refractivity (Wildman–Crippen MR) is 71.0 cm³/mol. The van der Waals surface area contributed by atoms with Gasteiger partial charge in [0.25, 0.3) is 0 Å². The van der Waals surface area contributed by atoms with Gasteiger partial charge in [-0.05, 0) is 0 Å². The Balaban J connectivity index is 2.02. The molecule has 0 saturated carbocycles. The average Bonchev–Trinajstić information content (AvgIpc) is 3.01. The number of rotatable bonds is 2. The van der Waals surface area contributed by atoms with Crippen molar-refractivity contribution in [1.82, 2.24) is 0 Å². The predicted octanol–water partition coefficient (Wildman–Crippen LogP) is 1.92. The molecular formula is C12H11AsNP. The summed E-state index contributed by atoms with van der Waals surface area (Å²) in [6.07, 6.45) is 10.1. The fourth-order valence-corrected chi connectivity index (χ4v) is 5.42. The molecule has 0 N–H and O–H groups in total. The van der Waals surface area contributed by atoms with Crippen molar-refractivity contribution in [3.8, 4) is 0 Å². The summed E-state index contributed by atoms with van der Waals surface area (Å²) in [6.45, 7) is 0.880. The Bertz CT molecular complexity index is 478. The summed E-state index contributed by atoms with van der Waals surface area (Å²) in [5.41, 5.74) is 4.27. The van der Waals surface area contributed by atoms with E-state index in [2.05, 4.69) is 34.1 Å². The Morgan fingerprint density at radius 1 is 1.27 bits per heavy atom. The van der Waals surface area contributed by atoms with E-state index < -0.39 is 0 Å². The fourth-order valence-electron chi connectivity index (χ4n) is 1.94. The summed E-state index contributed by atoms with van der Waals surface area (Å²) in [7, 11) is 1.47. The molecule has 0 saturated heterocycles. The molecule has 74 valence electrons. The van der Waals surface area contributed by atoms with Gasteiger partial charge in [0.1, 0.15) is 0 Å². The van der Waals surface area contributed by atoms with Crippen LogP contribution in [0.3, 0.4) is 0 Å². The molecule has 0 aromatic carbocycles.